The van der Waals surface area contributed by atoms with Crippen molar-refractivity contribution in [2.45, 2.75) is 20.5 Å². The third-order valence-electron chi connectivity index (χ3n) is 4.86. The van der Waals surface area contributed by atoms with Gasteiger partial charge in [-0.05, 0) is 80.7 Å². The van der Waals surface area contributed by atoms with Gasteiger partial charge in [0.25, 0.3) is 0 Å². The molecule has 0 bridgehead atoms. The number of halogens is 3. The van der Waals surface area contributed by atoms with E-state index in [0.29, 0.717) is 21.2 Å². The first-order valence-corrected chi connectivity index (χ1v) is 10.3. The third-order valence-corrected chi connectivity index (χ3v) is 5.37. The maximum Gasteiger partial charge on any atom is 0.387 e. The first-order valence-electron chi connectivity index (χ1n) is 9.55. The van der Waals surface area contributed by atoms with Gasteiger partial charge in [0.05, 0.1) is 6.21 Å². The van der Waals surface area contributed by atoms with Gasteiger partial charge in [0.1, 0.15) is 5.75 Å². The highest BCUT2D eigenvalue weighted by atomic mass is 35.5. The van der Waals surface area contributed by atoms with Gasteiger partial charge in [-0.3, -0.25) is 0 Å². The third kappa shape index (κ3) is 4.49. The number of hydrogen-bond donors (Lipinski definition) is 1. The topological polar surface area (TPSA) is 60.1 Å². The fraction of sp³-hybridized carbons (Fsp3) is 0.136. The summed E-state index contributed by atoms with van der Waals surface area (Å²) in [6.07, 6.45) is 1.71. The number of benzene rings is 2. The lowest BCUT2D eigenvalue weighted by atomic mass is 10.2. The van der Waals surface area contributed by atoms with Crippen LogP contribution < -0.4 is 4.74 Å². The van der Waals surface area contributed by atoms with Crippen molar-refractivity contribution in [3.8, 4) is 22.8 Å². The van der Waals surface area contributed by atoms with Gasteiger partial charge in [-0.15, -0.1) is 0 Å². The molecule has 4 aromatic rings. The molecule has 0 saturated carbocycles. The van der Waals surface area contributed by atoms with Crippen LogP contribution in [0.15, 0.2) is 59.7 Å². The lowest BCUT2D eigenvalue weighted by Crippen LogP contribution is -2.01. The molecule has 0 radical (unpaired) electrons. The van der Waals surface area contributed by atoms with Crippen LogP contribution in [-0.4, -0.2) is 32.3 Å². The van der Waals surface area contributed by atoms with Crippen LogP contribution in [-0.2, 0) is 0 Å². The van der Waals surface area contributed by atoms with Crippen LogP contribution in [0, 0.1) is 18.6 Å². The Morgan fingerprint density at radius 3 is 2.47 bits per heavy atom. The van der Waals surface area contributed by atoms with Crippen molar-refractivity contribution in [1.82, 2.24) is 19.4 Å². The van der Waals surface area contributed by atoms with Crippen LogP contribution in [0.25, 0.3) is 17.1 Å². The molecule has 10 heteroatoms. The molecule has 0 unspecified atom stereocenters. The quantitative estimate of drug-likeness (QED) is 0.270. The molecule has 0 aliphatic heterocycles. The molecule has 32 heavy (non-hydrogen) atoms. The number of ether oxygens (including phenoxy) is 1. The zero-order chi connectivity index (χ0) is 22.8. The molecule has 1 N–H and O–H groups in total. The number of nitrogens with one attached hydrogen (secondary N) is 1. The van der Waals surface area contributed by atoms with E-state index in [0.717, 1.165) is 22.6 Å². The monoisotopic (exact) mass is 473 g/mol. The van der Waals surface area contributed by atoms with Crippen molar-refractivity contribution in [3.05, 3.63) is 81.3 Å². The molecule has 0 aliphatic rings. The van der Waals surface area contributed by atoms with E-state index in [4.69, 9.17) is 23.8 Å². The Kier molecular flexibility index (Phi) is 6.20. The van der Waals surface area contributed by atoms with Gasteiger partial charge in [-0.25, -0.2) is 5.10 Å². The van der Waals surface area contributed by atoms with Crippen molar-refractivity contribution < 1.29 is 13.5 Å². The van der Waals surface area contributed by atoms with Gasteiger partial charge in [0.15, 0.2) is 5.82 Å². The first-order chi connectivity index (χ1) is 15.3. The molecular formula is C22H18ClF2N5OS. The van der Waals surface area contributed by atoms with E-state index in [1.165, 1.54) is 16.8 Å². The summed E-state index contributed by atoms with van der Waals surface area (Å²) in [5.74, 6) is 0.504. The van der Waals surface area contributed by atoms with Crippen LogP contribution in [0.3, 0.4) is 0 Å². The van der Waals surface area contributed by atoms with Gasteiger partial charge < -0.3 is 9.30 Å². The number of alkyl halides is 2. The first kappa shape index (κ1) is 21.9. The Morgan fingerprint density at radius 2 is 1.81 bits per heavy atom. The van der Waals surface area contributed by atoms with Crippen LogP contribution in [0.1, 0.15) is 17.0 Å². The largest absolute Gasteiger partial charge is 0.435 e. The van der Waals surface area contributed by atoms with Gasteiger partial charge in [0, 0.05) is 33.2 Å². The molecule has 2 aromatic heterocycles. The minimum atomic E-state index is -2.88. The van der Waals surface area contributed by atoms with Crippen molar-refractivity contribution in [2.24, 2.45) is 5.10 Å². The average Bonchev–Trinajstić information content (AvgIpc) is 3.26. The number of H-pyrrole nitrogens is 1. The molecule has 0 atom stereocenters. The Morgan fingerprint density at radius 1 is 1.12 bits per heavy atom. The van der Waals surface area contributed by atoms with E-state index < -0.39 is 6.61 Å². The number of nitrogens with zero attached hydrogens (tertiary/aromatic N) is 4. The summed E-state index contributed by atoms with van der Waals surface area (Å²) in [6.45, 7) is 1.13. The number of aromatic amines is 1. The minimum absolute atomic E-state index is 0.0579. The molecule has 4 rings (SSSR count). The summed E-state index contributed by atoms with van der Waals surface area (Å²) in [4.78, 5) is 0. The lowest BCUT2D eigenvalue weighted by Gasteiger charge is -2.09. The summed E-state index contributed by atoms with van der Waals surface area (Å²) < 4.78 is 33.0. The molecule has 164 valence electrons. The maximum atomic E-state index is 12.4. The highest BCUT2D eigenvalue weighted by Crippen LogP contribution is 2.24. The molecule has 2 heterocycles. The van der Waals surface area contributed by atoms with E-state index in [1.807, 2.05) is 44.2 Å². The Hall–Kier alpha value is -3.30. The molecular weight excluding hydrogens is 456 g/mol. The zero-order valence-corrected chi connectivity index (χ0v) is 18.7. The second-order valence-electron chi connectivity index (χ2n) is 6.95. The number of hydrogen-bond acceptors (Lipinski definition) is 4. The Labute approximate surface area is 192 Å². The highest BCUT2D eigenvalue weighted by Gasteiger charge is 2.12. The van der Waals surface area contributed by atoms with E-state index in [9.17, 15) is 8.78 Å². The smallest absolute Gasteiger partial charge is 0.387 e. The average molecular weight is 474 g/mol. The van der Waals surface area contributed by atoms with Crippen LogP contribution in [0.4, 0.5) is 8.78 Å². The fourth-order valence-corrected chi connectivity index (χ4v) is 3.70. The summed E-state index contributed by atoms with van der Waals surface area (Å²) in [5.41, 5.74) is 4.58. The standard InChI is InChI=1S/C22H18ClF2N5OS/c1-13-11-16(14(2)29(13)18-7-5-17(23)6-8-18)12-26-30-20(27-28-22(30)32)15-3-9-19(10-4-15)31-21(24)25/h3-12,21H,1-2H3,(H,28,32)/b26-12+. The summed E-state index contributed by atoms with van der Waals surface area (Å²) in [5, 5.41) is 12.1. The second kappa shape index (κ2) is 9.05. The molecule has 0 saturated heterocycles. The number of rotatable bonds is 6. The minimum Gasteiger partial charge on any atom is -0.435 e. The van der Waals surface area contributed by atoms with E-state index in [1.54, 1.807) is 18.3 Å². The SMILES string of the molecule is Cc1cc(/C=N/n2c(-c3ccc(OC(F)F)cc3)n[nH]c2=S)c(C)n1-c1ccc(Cl)cc1. The maximum absolute atomic E-state index is 12.4. The summed E-state index contributed by atoms with van der Waals surface area (Å²) in [7, 11) is 0. The van der Waals surface area contributed by atoms with Crippen molar-refractivity contribution >= 4 is 30.0 Å². The van der Waals surface area contributed by atoms with E-state index in [2.05, 4.69) is 24.6 Å². The predicted molar refractivity (Wildman–Crippen MR) is 123 cm³/mol. The molecule has 0 aliphatic carbocycles. The number of aryl methyl sites for hydroxylation is 1. The lowest BCUT2D eigenvalue weighted by molar-refractivity contribution is -0.0498. The molecule has 2 aromatic carbocycles. The number of aromatic nitrogens is 4. The van der Waals surface area contributed by atoms with Gasteiger partial charge in [0.2, 0.25) is 4.77 Å². The van der Waals surface area contributed by atoms with Gasteiger partial charge in [-0.2, -0.15) is 23.7 Å². The highest BCUT2D eigenvalue weighted by molar-refractivity contribution is 7.71. The molecule has 0 fully saturated rings. The van der Waals surface area contributed by atoms with Gasteiger partial charge in [-0.1, -0.05) is 11.6 Å². The van der Waals surface area contributed by atoms with Crippen LogP contribution in [0.2, 0.25) is 5.02 Å². The Balaban J connectivity index is 1.65. The summed E-state index contributed by atoms with van der Waals surface area (Å²) >= 11 is 11.3. The van der Waals surface area contributed by atoms with Crippen molar-refractivity contribution in [2.75, 3.05) is 0 Å². The molecule has 0 amide bonds. The van der Waals surface area contributed by atoms with Crippen molar-refractivity contribution in [1.29, 1.82) is 0 Å². The van der Waals surface area contributed by atoms with Gasteiger partial charge >= 0.3 is 6.61 Å². The van der Waals surface area contributed by atoms with Crippen LogP contribution >= 0.6 is 23.8 Å². The van der Waals surface area contributed by atoms with E-state index in [-0.39, 0.29) is 5.75 Å². The summed E-state index contributed by atoms with van der Waals surface area (Å²) in [6, 6.07) is 15.7. The predicted octanol–water partition coefficient (Wildman–Crippen LogP) is 6.15. The molecule has 0 spiro atoms. The van der Waals surface area contributed by atoms with Crippen molar-refractivity contribution in [3.63, 3.8) is 0 Å². The van der Waals surface area contributed by atoms with Crippen LogP contribution in [0.5, 0.6) is 5.75 Å². The second-order valence-corrected chi connectivity index (χ2v) is 7.77. The fourth-order valence-electron chi connectivity index (χ4n) is 3.40. The van der Waals surface area contributed by atoms with E-state index >= 15 is 0 Å². The zero-order valence-electron chi connectivity index (χ0n) is 17.1. The molecule has 6 nitrogen and oxygen atoms in total. The normalized spacial score (nSPS) is 11.6. The Bertz CT molecular complexity index is 1320.